The predicted molar refractivity (Wildman–Crippen MR) is 75.8 cm³/mol. The van der Waals surface area contributed by atoms with Gasteiger partial charge in [0.25, 0.3) is 0 Å². The van der Waals surface area contributed by atoms with E-state index in [0.717, 1.165) is 12.0 Å². The molecule has 112 valence electrons. The fraction of sp³-hybridized carbons (Fsp3) is 0.500. The van der Waals surface area contributed by atoms with Crippen LogP contribution in [0.5, 0.6) is 0 Å². The number of amides is 1. The van der Waals surface area contributed by atoms with Crippen LogP contribution in [0.15, 0.2) is 24.3 Å². The van der Waals surface area contributed by atoms with Gasteiger partial charge in [-0.3, -0.25) is 9.59 Å². The zero-order valence-electron chi connectivity index (χ0n) is 11.8. The third-order valence-corrected chi connectivity index (χ3v) is 4.34. The van der Waals surface area contributed by atoms with E-state index in [1.807, 2.05) is 18.2 Å². The Labute approximate surface area is 123 Å². The summed E-state index contributed by atoms with van der Waals surface area (Å²) in [6.07, 6.45) is 1.52. The van der Waals surface area contributed by atoms with Crippen molar-refractivity contribution >= 4 is 11.9 Å². The van der Waals surface area contributed by atoms with Gasteiger partial charge >= 0.3 is 5.97 Å². The van der Waals surface area contributed by atoms with E-state index >= 15 is 0 Å². The average molecular weight is 289 g/mol. The van der Waals surface area contributed by atoms with E-state index in [1.54, 1.807) is 4.90 Å². The Kier molecular flexibility index (Phi) is 3.92. The third-order valence-electron chi connectivity index (χ3n) is 4.34. The molecule has 3 rings (SSSR count). The molecule has 0 bridgehead atoms. The lowest BCUT2D eigenvalue weighted by molar-refractivity contribution is -0.141. The minimum Gasteiger partial charge on any atom is -0.481 e. The molecular weight excluding hydrogens is 270 g/mol. The summed E-state index contributed by atoms with van der Waals surface area (Å²) in [4.78, 5) is 25.0. The van der Waals surface area contributed by atoms with Crippen molar-refractivity contribution in [1.29, 1.82) is 0 Å². The van der Waals surface area contributed by atoms with Gasteiger partial charge < -0.3 is 14.7 Å². The molecule has 1 aromatic carbocycles. The Morgan fingerprint density at radius 3 is 2.90 bits per heavy atom. The first-order valence-corrected chi connectivity index (χ1v) is 7.35. The van der Waals surface area contributed by atoms with E-state index < -0.39 is 11.9 Å². The van der Waals surface area contributed by atoms with E-state index in [0.29, 0.717) is 32.5 Å². The van der Waals surface area contributed by atoms with Gasteiger partial charge in [0.1, 0.15) is 0 Å². The fourth-order valence-electron chi connectivity index (χ4n) is 3.12. The van der Waals surface area contributed by atoms with Crippen LogP contribution in [0.2, 0.25) is 0 Å². The fourth-order valence-corrected chi connectivity index (χ4v) is 3.12. The van der Waals surface area contributed by atoms with Crippen molar-refractivity contribution in [3.63, 3.8) is 0 Å². The number of fused-ring (bicyclic) bond motifs is 1. The van der Waals surface area contributed by atoms with Crippen LogP contribution in [0.4, 0.5) is 0 Å². The maximum absolute atomic E-state index is 12.3. The molecule has 5 nitrogen and oxygen atoms in total. The highest BCUT2D eigenvalue weighted by Crippen LogP contribution is 2.30. The van der Waals surface area contributed by atoms with Gasteiger partial charge in [0, 0.05) is 13.1 Å². The highest BCUT2D eigenvalue weighted by Gasteiger charge is 2.32. The molecule has 2 heterocycles. The lowest BCUT2D eigenvalue weighted by Gasteiger charge is -2.27. The van der Waals surface area contributed by atoms with Gasteiger partial charge in [-0.05, 0) is 24.0 Å². The number of benzene rings is 1. The number of ether oxygens (including phenoxy) is 1. The number of rotatable bonds is 3. The van der Waals surface area contributed by atoms with Crippen LogP contribution < -0.4 is 0 Å². The molecule has 0 aromatic heterocycles. The van der Waals surface area contributed by atoms with E-state index in [4.69, 9.17) is 9.84 Å². The smallest absolute Gasteiger partial charge is 0.308 e. The summed E-state index contributed by atoms with van der Waals surface area (Å²) in [5, 5.41) is 9.00. The lowest BCUT2D eigenvalue weighted by atomic mass is 9.95. The molecule has 1 N–H and O–H groups in total. The summed E-state index contributed by atoms with van der Waals surface area (Å²) in [6, 6.07) is 8.05. The molecule has 0 saturated carbocycles. The van der Waals surface area contributed by atoms with Gasteiger partial charge in [0.2, 0.25) is 5.91 Å². The van der Waals surface area contributed by atoms with Crippen molar-refractivity contribution in [2.24, 2.45) is 5.92 Å². The molecule has 1 saturated heterocycles. The summed E-state index contributed by atoms with van der Waals surface area (Å²) >= 11 is 0. The van der Waals surface area contributed by atoms with Gasteiger partial charge in [-0.25, -0.2) is 0 Å². The Bertz CT molecular complexity index is 557. The van der Waals surface area contributed by atoms with E-state index in [1.165, 1.54) is 5.56 Å². The molecule has 2 aliphatic rings. The summed E-state index contributed by atoms with van der Waals surface area (Å²) in [6.45, 7) is 1.49. The van der Waals surface area contributed by atoms with Crippen molar-refractivity contribution in [3.8, 4) is 0 Å². The number of carboxylic acids is 1. The zero-order valence-corrected chi connectivity index (χ0v) is 11.8. The van der Waals surface area contributed by atoms with E-state index in [9.17, 15) is 9.59 Å². The first-order valence-electron chi connectivity index (χ1n) is 7.35. The van der Waals surface area contributed by atoms with Crippen LogP contribution in [-0.2, 0) is 20.7 Å². The Hall–Kier alpha value is -1.88. The van der Waals surface area contributed by atoms with Crippen LogP contribution in [0.3, 0.4) is 0 Å². The first kappa shape index (κ1) is 14.1. The first-order chi connectivity index (χ1) is 10.1. The second kappa shape index (κ2) is 5.85. The Balaban J connectivity index is 1.65. The summed E-state index contributed by atoms with van der Waals surface area (Å²) in [7, 11) is 0. The van der Waals surface area contributed by atoms with Crippen molar-refractivity contribution < 1.29 is 19.4 Å². The van der Waals surface area contributed by atoms with Gasteiger partial charge in [-0.1, -0.05) is 24.3 Å². The third kappa shape index (κ3) is 2.93. The molecule has 2 aliphatic heterocycles. The van der Waals surface area contributed by atoms with E-state index in [-0.39, 0.29) is 12.0 Å². The lowest BCUT2D eigenvalue weighted by Crippen LogP contribution is -2.32. The number of hydrogen-bond donors (Lipinski definition) is 1. The quantitative estimate of drug-likeness (QED) is 0.918. The standard InChI is InChI=1S/C16H19NO4/c18-15(17-7-5-12(10-17)16(19)20)9-14-13-4-2-1-3-11(13)6-8-21-14/h1-4,12,14H,5-10H2,(H,19,20)/t12-,14+/m0/s1. The number of hydrogen-bond acceptors (Lipinski definition) is 3. The van der Waals surface area contributed by atoms with Gasteiger partial charge in [0.05, 0.1) is 25.0 Å². The molecular formula is C16H19NO4. The molecule has 1 fully saturated rings. The van der Waals surface area contributed by atoms with Crippen LogP contribution in [0, 0.1) is 5.92 Å². The maximum atomic E-state index is 12.3. The van der Waals surface area contributed by atoms with Crippen LogP contribution in [0.25, 0.3) is 0 Å². The maximum Gasteiger partial charge on any atom is 0.308 e. The molecule has 1 amide bonds. The number of carbonyl (C=O) groups excluding carboxylic acids is 1. The normalized spacial score (nSPS) is 24.7. The molecule has 5 heteroatoms. The highest BCUT2D eigenvalue weighted by molar-refractivity contribution is 5.79. The number of likely N-dealkylation sites (tertiary alicyclic amines) is 1. The number of nitrogens with zero attached hydrogens (tertiary/aromatic N) is 1. The minimum atomic E-state index is -0.815. The molecule has 21 heavy (non-hydrogen) atoms. The number of carboxylic acid groups (broad SMARTS) is 1. The largest absolute Gasteiger partial charge is 0.481 e. The molecule has 0 unspecified atom stereocenters. The Morgan fingerprint density at radius 1 is 1.33 bits per heavy atom. The summed E-state index contributed by atoms with van der Waals surface area (Å²) < 4.78 is 5.75. The number of aliphatic carboxylic acids is 1. The van der Waals surface area contributed by atoms with Gasteiger partial charge in [-0.15, -0.1) is 0 Å². The van der Waals surface area contributed by atoms with Crippen LogP contribution in [0.1, 0.15) is 30.1 Å². The van der Waals surface area contributed by atoms with Crippen LogP contribution in [-0.4, -0.2) is 41.6 Å². The summed E-state index contributed by atoms with van der Waals surface area (Å²) in [5.74, 6) is -1.25. The Morgan fingerprint density at radius 2 is 2.14 bits per heavy atom. The molecule has 1 aromatic rings. The van der Waals surface area contributed by atoms with Crippen molar-refractivity contribution in [2.75, 3.05) is 19.7 Å². The SMILES string of the molecule is O=C(O)[C@H]1CCN(C(=O)C[C@H]2OCCc3ccccc32)C1. The van der Waals surface area contributed by atoms with Crippen molar-refractivity contribution in [2.45, 2.75) is 25.4 Å². The minimum absolute atomic E-state index is 0.0135. The van der Waals surface area contributed by atoms with Crippen molar-refractivity contribution in [3.05, 3.63) is 35.4 Å². The van der Waals surface area contributed by atoms with Gasteiger partial charge in [0.15, 0.2) is 0 Å². The molecule has 2 atom stereocenters. The van der Waals surface area contributed by atoms with E-state index in [2.05, 4.69) is 6.07 Å². The molecule has 0 radical (unpaired) electrons. The predicted octanol–water partition coefficient (Wildman–Crippen LogP) is 1.62. The monoisotopic (exact) mass is 289 g/mol. The second-order valence-electron chi connectivity index (χ2n) is 5.68. The van der Waals surface area contributed by atoms with Gasteiger partial charge in [-0.2, -0.15) is 0 Å². The molecule has 0 aliphatic carbocycles. The van der Waals surface area contributed by atoms with Crippen molar-refractivity contribution in [1.82, 2.24) is 4.90 Å². The summed E-state index contributed by atoms with van der Waals surface area (Å²) in [5.41, 5.74) is 2.33. The number of carbonyl (C=O) groups is 2. The van der Waals surface area contributed by atoms with Crippen LogP contribution >= 0.6 is 0 Å². The topological polar surface area (TPSA) is 66.8 Å². The second-order valence-corrected chi connectivity index (χ2v) is 5.68. The average Bonchev–Trinajstić information content (AvgIpc) is 2.98. The molecule has 0 spiro atoms. The highest BCUT2D eigenvalue weighted by atomic mass is 16.5. The zero-order chi connectivity index (χ0) is 14.8.